The van der Waals surface area contributed by atoms with E-state index >= 15 is 0 Å². The molecular weight excluding hydrogens is 274 g/mol. The third kappa shape index (κ3) is 3.00. The van der Waals surface area contributed by atoms with Gasteiger partial charge in [-0.3, -0.25) is 15.0 Å². The zero-order valence-electron chi connectivity index (χ0n) is 12.0. The summed E-state index contributed by atoms with van der Waals surface area (Å²) in [6.45, 7) is 0. The van der Waals surface area contributed by atoms with Gasteiger partial charge in [0.05, 0.1) is 34.9 Å². The van der Waals surface area contributed by atoms with Gasteiger partial charge in [0.15, 0.2) is 0 Å². The van der Waals surface area contributed by atoms with E-state index in [0.29, 0.717) is 0 Å². The lowest BCUT2D eigenvalue weighted by molar-refractivity contribution is 0.744. The van der Waals surface area contributed by atoms with E-state index in [0.717, 1.165) is 22.8 Å². The summed E-state index contributed by atoms with van der Waals surface area (Å²) in [5.41, 5.74) is 15.5. The van der Waals surface area contributed by atoms with Crippen molar-refractivity contribution < 1.29 is 0 Å². The molecule has 2 unspecified atom stereocenters. The van der Waals surface area contributed by atoms with Gasteiger partial charge in [0.25, 0.3) is 0 Å². The lowest BCUT2D eigenvalue weighted by Crippen LogP contribution is -2.19. The molecule has 0 aliphatic rings. The van der Waals surface area contributed by atoms with Crippen molar-refractivity contribution in [2.45, 2.75) is 12.1 Å². The molecule has 0 radical (unpaired) electrons. The van der Waals surface area contributed by atoms with Gasteiger partial charge in [0.2, 0.25) is 0 Å². The van der Waals surface area contributed by atoms with Crippen LogP contribution in [0.25, 0.3) is 0 Å². The standard InChI is InChI=1S/C17H17N5/c18-16(12-6-1-3-10-20-12)14-8-5-9-15(22-14)17(19)13-7-2-4-11-21-13/h1-11,16-17H,18-19H2. The molecule has 0 bridgehead atoms. The Hall–Kier alpha value is -2.63. The van der Waals surface area contributed by atoms with E-state index in [2.05, 4.69) is 15.0 Å². The number of hydrogen-bond acceptors (Lipinski definition) is 5. The van der Waals surface area contributed by atoms with Gasteiger partial charge >= 0.3 is 0 Å². The molecule has 3 aromatic heterocycles. The molecule has 2 atom stereocenters. The minimum absolute atomic E-state index is 0.378. The summed E-state index contributed by atoms with van der Waals surface area (Å²) < 4.78 is 0. The zero-order chi connectivity index (χ0) is 15.4. The van der Waals surface area contributed by atoms with E-state index in [1.165, 1.54) is 0 Å². The highest BCUT2D eigenvalue weighted by Crippen LogP contribution is 2.20. The molecule has 3 aromatic rings. The van der Waals surface area contributed by atoms with Crippen LogP contribution in [0, 0.1) is 0 Å². The Labute approximate surface area is 129 Å². The third-order valence-corrected chi connectivity index (χ3v) is 3.44. The van der Waals surface area contributed by atoms with Crippen molar-refractivity contribution in [1.82, 2.24) is 15.0 Å². The van der Waals surface area contributed by atoms with Crippen molar-refractivity contribution in [3.63, 3.8) is 0 Å². The average Bonchev–Trinajstić information content (AvgIpc) is 2.62. The van der Waals surface area contributed by atoms with Crippen molar-refractivity contribution in [3.05, 3.63) is 89.8 Å². The minimum Gasteiger partial charge on any atom is -0.318 e. The van der Waals surface area contributed by atoms with Crippen LogP contribution in [-0.2, 0) is 0 Å². The van der Waals surface area contributed by atoms with Crippen LogP contribution in [-0.4, -0.2) is 15.0 Å². The molecular formula is C17H17N5. The zero-order valence-corrected chi connectivity index (χ0v) is 12.0. The fourth-order valence-electron chi connectivity index (χ4n) is 2.24. The number of nitrogens with zero attached hydrogens (tertiary/aromatic N) is 3. The number of rotatable bonds is 4. The lowest BCUT2D eigenvalue weighted by Gasteiger charge is -2.15. The highest BCUT2D eigenvalue weighted by molar-refractivity contribution is 5.27. The first kappa shape index (κ1) is 14.3. The van der Waals surface area contributed by atoms with Gasteiger partial charge in [0, 0.05) is 12.4 Å². The van der Waals surface area contributed by atoms with Crippen molar-refractivity contribution >= 4 is 0 Å². The predicted molar refractivity (Wildman–Crippen MR) is 84.8 cm³/mol. The molecule has 0 saturated heterocycles. The van der Waals surface area contributed by atoms with Gasteiger partial charge in [-0.15, -0.1) is 0 Å². The van der Waals surface area contributed by atoms with Crippen molar-refractivity contribution in [3.8, 4) is 0 Å². The van der Waals surface area contributed by atoms with E-state index in [4.69, 9.17) is 11.5 Å². The van der Waals surface area contributed by atoms with Gasteiger partial charge in [0.1, 0.15) is 0 Å². The Kier molecular flexibility index (Phi) is 4.18. The molecule has 0 amide bonds. The Bertz CT molecular complexity index is 670. The fourth-order valence-corrected chi connectivity index (χ4v) is 2.24. The number of hydrogen-bond donors (Lipinski definition) is 2. The normalized spacial score (nSPS) is 13.5. The van der Waals surface area contributed by atoms with Crippen LogP contribution in [0.15, 0.2) is 67.0 Å². The molecule has 4 N–H and O–H groups in total. The molecule has 5 nitrogen and oxygen atoms in total. The second kappa shape index (κ2) is 6.43. The van der Waals surface area contributed by atoms with Crippen LogP contribution < -0.4 is 11.5 Å². The van der Waals surface area contributed by atoms with E-state index in [-0.39, 0.29) is 12.1 Å². The van der Waals surface area contributed by atoms with Crippen molar-refractivity contribution in [1.29, 1.82) is 0 Å². The number of nitrogens with two attached hydrogens (primary N) is 2. The molecule has 0 aromatic carbocycles. The molecule has 0 aliphatic carbocycles. The Morgan fingerprint density at radius 1 is 0.591 bits per heavy atom. The summed E-state index contributed by atoms with van der Waals surface area (Å²) in [5, 5.41) is 0. The first-order valence-electron chi connectivity index (χ1n) is 7.05. The maximum atomic E-state index is 6.24. The van der Waals surface area contributed by atoms with Gasteiger partial charge in [-0.2, -0.15) is 0 Å². The van der Waals surface area contributed by atoms with Gasteiger partial charge in [-0.25, -0.2) is 0 Å². The van der Waals surface area contributed by atoms with Crippen LogP contribution >= 0.6 is 0 Å². The second-order valence-electron chi connectivity index (χ2n) is 4.95. The minimum atomic E-state index is -0.378. The molecule has 3 heterocycles. The smallest absolute Gasteiger partial charge is 0.0900 e. The maximum Gasteiger partial charge on any atom is 0.0900 e. The average molecular weight is 291 g/mol. The van der Waals surface area contributed by atoms with Crippen LogP contribution in [0.1, 0.15) is 34.9 Å². The summed E-state index contributed by atoms with van der Waals surface area (Å²) in [7, 11) is 0. The van der Waals surface area contributed by atoms with Crippen LogP contribution in [0.3, 0.4) is 0 Å². The monoisotopic (exact) mass is 291 g/mol. The van der Waals surface area contributed by atoms with Crippen LogP contribution in [0.2, 0.25) is 0 Å². The molecule has 0 aliphatic heterocycles. The predicted octanol–water partition coefficient (Wildman–Crippen LogP) is 1.97. The van der Waals surface area contributed by atoms with E-state index in [9.17, 15) is 0 Å². The number of aromatic nitrogens is 3. The van der Waals surface area contributed by atoms with Gasteiger partial charge < -0.3 is 11.5 Å². The highest BCUT2D eigenvalue weighted by atomic mass is 14.9. The molecule has 110 valence electrons. The Morgan fingerprint density at radius 2 is 1.05 bits per heavy atom. The maximum absolute atomic E-state index is 6.24. The molecule has 5 heteroatoms. The molecule has 3 rings (SSSR count). The van der Waals surface area contributed by atoms with Crippen molar-refractivity contribution in [2.24, 2.45) is 11.5 Å². The first-order valence-corrected chi connectivity index (χ1v) is 7.05. The lowest BCUT2D eigenvalue weighted by atomic mass is 10.1. The van der Waals surface area contributed by atoms with Gasteiger partial charge in [-0.05, 0) is 36.4 Å². The largest absolute Gasteiger partial charge is 0.318 e. The summed E-state index contributed by atoms with van der Waals surface area (Å²) in [4.78, 5) is 13.2. The van der Waals surface area contributed by atoms with Crippen LogP contribution in [0.5, 0.6) is 0 Å². The number of pyridine rings is 3. The summed E-state index contributed by atoms with van der Waals surface area (Å²) in [6.07, 6.45) is 3.44. The topological polar surface area (TPSA) is 90.7 Å². The van der Waals surface area contributed by atoms with Crippen LogP contribution in [0.4, 0.5) is 0 Å². The van der Waals surface area contributed by atoms with E-state index in [1.807, 2.05) is 54.6 Å². The van der Waals surface area contributed by atoms with Crippen molar-refractivity contribution in [2.75, 3.05) is 0 Å². The SMILES string of the molecule is NC(c1ccccn1)c1cccc(C(N)c2ccccn2)n1. The summed E-state index contributed by atoms with van der Waals surface area (Å²) >= 11 is 0. The summed E-state index contributed by atoms with van der Waals surface area (Å²) in [6, 6.07) is 16.2. The first-order chi connectivity index (χ1) is 10.8. The molecule has 0 fully saturated rings. The quantitative estimate of drug-likeness (QED) is 0.767. The third-order valence-electron chi connectivity index (χ3n) is 3.44. The second-order valence-corrected chi connectivity index (χ2v) is 4.95. The molecule has 22 heavy (non-hydrogen) atoms. The molecule has 0 saturated carbocycles. The fraction of sp³-hybridized carbons (Fsp3) is 0.118. The van der Waals surface area contributed by atoms with E-state index < -0.39 is 0 Å². The highest BCUT2D eigenvalue weighted by Gasteiger charge is 2.15. The van der Waals surface area contributed by atoms with Gasteiger partial charge in [-0.1, -0.05) is 18.2 Å². The molecule has 0 spiro atoms. The van der Waals surface area contributed by atoms with E-state index in [1.54, 1.807) is 12.4 Å². The Balaban J connectivity index is 1.90. The summed E-state index contributed by atoms with van der Waals surface area (Å²) in [5.74, 6) is 0. The Morgan fingerprint density at radius 3 is 1.45 bits per heavy atom.